The van der Waals surface area contributed by atoms with Crippen molar-refractivity contribution in [3.8, 4) is 0 Å². The SMILES string of the molecule is CCCn1c(=O)n([C@@H](c2ccccc2)[C@H](O)CNC)c2cc(F)ccc21.Cl. The molecule has 0 aliphatic carbocycles. The summed E-state index contributed by atoms with van der Waals surface area (Å²) in [6.07, 6.45) is -0.0603. The summed E-state index contributed by atoms with van der Waals surface area (Å²) in [5.74, 6) is -0.408. The van der Waals surface area contributed by atoms with Gasteiger partial charge in [0.2, 0.25) is 0 Å². The van der Waals surface area contributed by atoms with Crippen LogP contribution in [0.2, 0.25) is 0 Å². The first-order valence-electron chi connectivity index (χ1n) is 8.86. The van der Waals surface area contributed by atoms with Crippen molar-refractivity contribution >= 4 is 23.4 Å². The van der Waals surface area contributed by atoms with Crippen molar-refractivity contribution in [3.63, 3.8) is 0 Å². The predicted molar refractivity (Wildman–Crippen MR) is 108 cm³/mol. The lowest BCUT2D eigenvalue weighted by atomic mass is 10.0. The van der Waals surface area contributed by atoms with Crippen molar-refractivity contribution in [2.45, 2.75) is 32.0 Å². The zero-order valence-corrected chi connectivity index (χ0v) is 16.2. The van der Waals surface area contributed by atoms with E-state index in [1.807, 2.05) is 37.3 Å². The summed E-state index contributed by atoms with van der Waals surface area (Å²) in [7, 11) is 1.74. The Morgan fingerprint density at radius 3 is 2.48 bits per heavy atom. The van der Waals surface area contributed by atoms with Crippen LogP contribution in [0.5, 0.6) is 0 Å². The second-order valence-electron chi connectivity index (χ2n) is 6.42. The lowest BCUT2D eigenvalue weighted by Gasteiger charge is -2.25. The normalized spacial score (nSPS) is 13.3. The minimum atomic E-state index is -0.843. The molecule has 3 rings (SSSR count). The molecule has 2 atom stereocenters. The van der Waals surface area contributed by atoms with Gasteiger partial charge in [0.05, 0.1) is 23.2 Å². The van der Waals surface area contributed by atoms with Crippen molar-refractivity contribution in [1.29, 1.82) is 0 Å². The molecule has 5 nitrogen and oxygen atoms in total. The zero-order valence-electron chi connectivity index (χ0n) is 15.4. The summed E-state index contributed by atoms with van der Waals surface area (Å²) < 4.78 is 17.1. The van der Waals surface area contributed by atoms with Crippen molar-refractivity contribution in [2.75, 3.05) is 13.6 Å². The van der Waals surface area contributed by atoms with Gasteiger partial charge in [-0.05, 0) is 37.2 Å². The highest BCUT2D eigenvalue weighted by molar-refractivity contribution is 5.85. The number of likely N-dealkylation sites (N-methyl/N-ethyl adjacent to an activating group) is 1. The molecule has 0 radical (unpaired) electrons. The first-order chi connectivity index (χ1) is 12.6. The van der Waals surface area contributed by atoms with Gasteiger partial charge in [-0.1, -0.05) is 37.3 Å². The van der Waals surface area contributed by atoms with Gasteiger partial charge in [0.15, 0.2) is 0 Å². The predicted octanol–water partition coefficient (Wildman–Crippen LogP) is 2.94. The van der Waals surface area contributed by atoms with Gasteiger partial charge in [0.1, 0.15) is 5.82 Å². The molecule has 0 spiro atoms. The molecule has 0 aliphatic heterocycles. The lowest BCUT2D eigenvalue weighted by Crippen LogP contribution is -2.38. The monoisotopic (exact) mass is 393 g/mol. The number of hydrogen-bond donors (Lipinski definition) is 2. The number of aryl methyl sites for hydroxylation is 1. The Balaban J connectivity index is 0.00000261. The molecule has 27 heavy (non-hydrogen) atoms. The molecule has 0 saturated carbocycles. The Labute approximate surface area is 163 Å². The minimum Gasteiger partial charge on any atom is -0.389 e. The minimum absolute atomic E-state index is 0. The van der Waals surface area contributed by atoms with Gasteiger partial charge in [0, 0.05) is 13.1 Å². The quantitative estimate of drug-likeness (QED) is 0.648. The number of rotatable bonds is 7. The molecule has 0 bridgehead atoms. The molecular formula is C20H25ClFN3O2. The van der Waals surface area contributed by atoms with E-state index in [0.717, 1.165) is 12.0 Å². The fourth-order valence-corrected chi connectivity index (χ4v) is 3.48. The van der Waals surface area contributed by atoms with Gasteiger partial charge in [-0.3, -0.25) is 9.13 Å². The van der Waals surface area contributed by atoms with Crippen LogP contribution in [0.3, 0.4) is 0 Å². The highest BCUT2D eigenvalue weighted by atomic mass is 35.5. The van der Waals surface area contributed by atoms with Crippen LogP contribution in [0.1, 0.15) is 24.9 Å². The summed E-state index contributed by atoms with van der Waals surface area (Å²) in [6, 6.07) is 13.1. The van der Waals surface area contributed by atoms with E-state index in [1.165, 1.54) is 16.7 Å². The van der Waals surface area contributed by atoms with Gasteiger partial charge >= 0.3 is 5.69 Å². The highest BCUT2D eigenvalue weighted by Crippen LogP contribution is 2.26. The third kappa shape index (κ3) is 4.08. The molecule has 146 valence electrons. The van der Waals surface area contributed by atoms with Crippen LogP contribution in [0.25, 0.3) is 11.0 Å². The van der Waals surface area contributed by atoms with E-state index in [4.69, 9.17) is 0 Å². The van der Waals surface area contributed by atoms with E-state index in [9.17, 15) is 14.3 Å². The van der Waals surface area contributed by atoms with Crippen LogP contribution in [0, 0.1) is 5.82 Å². The molecule has 2 N–H and O–H groups in total. The summed E-state index contributed by atoms with van der Waals surface area (Å²) >= 11 is 0. The highest BCUT2D eigenvalue weighted by Gasteiger charge is 2.27. The number of aliphatic hydroxyl groups excluding tert-OH is 1. The topological polar surface area (TPSA) is 59.2 Å². The Hall–Kier alpha value is -2.15. The Morgan fingerprint density at radius 1 is 1.15 bits per heavy atom. The fraction of sp³-hybridized carbons (Fsp3) is 0.350. The van der Waals surface area contributed by atoms with Crippen molar-refractivity contribution in [1.82, 2.24) is 14.5 Å². The number of hydrogen-bond acceptors (Lipinski definition) is 3. The number of aliphatic hydroxyl groups is 1. The third-order valence-electron chi connectivity index (χ3n) is 4.57. The first kappa shape index (κ1) is 21.2. The largest absolute Gasteiger partial charge is 0.389 e. The Kier molecular flexibility index (Phi) is 7.18. The second-order valence-corrected chi connectivity index (χ2v) is 6.42. The molecule has 0 amide bonds. The number of aromatic nitrogens is 2. The number of halogens is 2. The Bertz CT molecular complexity index is 940. The van der Waals surface area contributed by atoms with Crippen LogP contribution in [-0.2, 0) is 6.54 Å². The summed E-state index contributed by atoms with van der Waals surface area (Å²) in [6.45, 7) is 2.84. The molecular weight excluding hydrogens is 369 g/mol. The van der Waals surface area contributed by atoms with Crippen LogP contribution < -0.4 is 11.0 Å². The van der Waals surface area contributed by atoms with Crippen LogP contribution in [0.15, 0.2) is 53.3 Å². The number of nitrogens with one attached hydrogen (secondary N) is 1. The molecule has 7 heteroatoms. The van der Waals surface area contributed by atoms with Gasteiger partial charge in [-0.25, -0.2) is 9.18 Å². The summed E-state index contributed by atoms with van der Waals surface area (Å²) in [5, 5.41) is 13.7. The first-order valence-corrected chi connectivity index (χ1v) is 8.86. The van der Waals surface area contributed by atoms with E-state index in [-0.39, 0.29) is 18.1 Å². The Morgan fingerprint density at radius 2 is 1.85 bits per heavy atom. The van der Waals surface area contributed by atoms with Crippen LogP contribution in [0.4, 0.5) is 4.39 Å². The second kappa shape index (κ2) is 9.17. The van der Waals surface area contributed by atoms with Crippen molar-refractivity contribution in [2.24, 2.45) is 0 Å². The number of nitrogens with zero attached hydrogens (tertiary/aromatic N) is 2. The number of benzene rings is 2. The van der Waals surface area contributed by atoms with Gasteiger partial charge in [-0.2, -0.15) is 0 Å². The maximum atomic E-state index is 14.0. The molecule has 0 saturated heterocycles. The third-order valence-corrected chi connectivity index (χ3v) is 4.57. The smallest absolute Gasteiger partial charge is 0.329 e. The molecule has 0 fully saturated rings. The van der Waals surface area contributed by atoms with E-state index in [2.05, 4.69) is 5.32 Å². The summed E-state index contributed by atoms with van der Waals surface area (Å²) in [4.78, 5) is 13.2. The van der Waals surface area contributed by atoms with E-state index in [1.54, 1.807) is 17.7 Å². The molecule has 1 aromatic heterocycles. The molecule has 2 aromatic carbocycles. The average Bonchev–Trinajstić information content (AvgIpc) is 2.89. The zero-order chi connectivity index (χ0) is 18.7. The van der Waals surface area contributed by atoms with E-state index < -0.39 is 18.0 Å². The van der Waals surface area contributed by atoms with Crippen LogP contribution >= 0.6 is 12.4 Å². The molecule has 0 aliphatic rings. The number of fused-ring (bicyclic) bond motifs is 1. The van der Waals surface area contributed by atoms with Crippen LogP contribution in [-0.4, -0.2) is 33.9 Å². The van der Waals surface area contributed by atoms with Crippen molar-refractivity contribution < 1.29 is 9.50 Å². The van der Waals surface area contributed by atoms with Crippen molar-refractivity contribution in [3.05, 3.63) is 70.4 Å². The fourth-order valence-electron chi connectivity index (χ4n) is 3.48. The molecule has 1 heterocycles. The van der Waals surface area contributed by atoms with Gasteiger partial charge in [0.25, 0.3) is 0 Å². The maximum Gasteiger partial charge on any atom is 0.329 e. The maximum absolute atomic E-state index is 14.0. The van der Waals surface area contributed by atoms with Gasteiger partial charge in [-0.15, -0.1) is 12.4 Å². The molecule has 3 aromatic rings. The number of imidazole rings is 1. The lowest BCUT2D eigenvalue weighted by molar-refractivity contribution is 0.130. The average molecular weight is 394 g/mol. The standard InChI is InChI=1S/C20H24FN3O2.ClH/c1-3-11-23-16-10-9-15(21)12-17(16)24(20(23)26)19(18(25)13-22-2)14-7-5-4-6-8-14;/h4-10,12,18-19,22,25H,3,11,13H2,1-2H3;1H/t18-,19+;/m1./s1. The van der Waals surface area contributed by atoms with Gasteiger partial charge < -0.3 is 10.4 Å². The molecule has 0 unspecified atom stereocenters. The van der Waals surface area contributed by atoms with E-state index in [0.29, 0.717) is 24.1 Å². The van der Waals surface area contributed by atoms with E-state index >= 15 is 0 Å². The summed E-state index contributed by atoms with van der Waals surface area (Å²) in [5.41, 5.74) is 1.73.